The highest BCUT2D eigenvalue weighted by Gasteiger charge is 2.52. The Morgan fingerprint density at radius 1 is 0.337 bits per heavy atom. The molecule has 18 rings (SSSR count). The van der Waals surface area contributed by atoms with Crippen LogP contribution in [-0.4, -0.2) is 32.2 Å². The molecule has 0 saturated heterocycles. The summed E-state index contributed by atoms with van der Waals surface area (Å²) in [5.74, 6) is -2.11. The topological polar surface area (TPSA) is 57.8 Å². The van der Waals surface area contributed by atoms with E-state index in [1.807, 2.05) is 97.1 Å². The molecule has 0 radical (unpaired) electrons. The second-order valence-electron chi connectivity index (χ2n) is 21.1. The number of aromatic nitrogens is 5. The van der Waals surface area contributed by atoms with Crippen molar-refractivity contribution in [3.63, 3.8) is 0 Å². The maximum absolute atomic E-state index is 11.2. The highest BCUT2D eigenvalue weighted by Crippen LogP contribution is 2.62. The van der Waals surface area contributed by atoms with Crippen molar-refractivity contribution in [1.82, 2.24) is 24.1 Å². The lowest BCUT2D eigenvalue weighted by Gasteiger charge is -2.41. The molecule has 416 valence electrons. The fourth-order valence-corrected chi connectivity index (χ4v) is 16.9. The Kier molecular flexibility index (Phi) is 6.59. The van der Waals surface area contributed by atoms with E-state index in [9.17, 15) is 27.4 Å². The number of hydrogen-bond acceptors (Lipinski definition) is 4. The number of para-hydroxylation sites is 4. The SMILES string of the molecule is [2H]c1c([2H])c([2H])c([Si](c2ccc3c(c2)Oc2cc(-c4ccccc4)ccc2C32c3ccccc3-c3ccccc32)(c2c([2H])c([2H])c([2H])c([2H])c2[2H])c2c([2H])c([2H])c([2H])c(-c3nc(-c4cccc(-n5c6c([2H])c([2H])c([2H])c([2H])c6c6c([2H])c([2H])c([2H])c([2H])c65)c4)nc(-n4c5c([2H])c([2H])c([2H])c([2H])c5c5c([2H])c([2H])c([2H])c([2H])c54)n3)c2[2H])c([2H])c1[2H]. The summed E-state index contributed by atoms with van der Waals surface area (Å²) in [5.41, 5.74) is 1.33. The lowest BCUT2D eigenvalue weighted by atomic mass is 9.66. The first kappa shape index (κ1) is 29.3. The van der Waals surface area contributed by atoms with E-state index in [1.165, 1.54) is 36.4 Å². The summed E-state index contributed by atoms with van der Waals surface area (Å²) in [6, 6.07) is 12.8. The average molecular weight is 1180 g/mol. The third-order valence-electron chi connectivity index (χ3n) is 16.7. The van der Waals surface area contributed by atoms with E-state index >= 15 is 0 Å². The molecule has 3 aromatic heterocycles. The Labute approximate surface area is 557 Å². The molecule has 0 N–H and O–H groups in total. The van der Waals surface area contributed by atoms with Gasteiger partial charge in [0.1, 0.15) is 11.5 Å². The van der Waals surface area contributed by atoms with Crippen LogP contribution < -0.4 is 25.5 Å². The smallest absolute Gasteiger partial charge is 0.238 e. The van der Waals surface area contributed by atoms with Gasteiger partial charge in [-0.1, -0.05) is 272 Å². The Bertz CT molecular complexity index is 7050. The number of ether oxygens (including phenoxy) is 1. The Balaban J connectivity index is 1.01. The number of hydrogen-bond donors (Lipinski definition) is 0. The minimum Gasteiger partial charge on any atom is -0.457 e. The van der Waals surface area contributed by atoms with Gasteiger partial charge in [-0.2, -0.15) is 9.97 Å². The highest BCUT2D eigenvalue weighted by molar-refractivity contribution is 7.20. The number of fused-ring (bicyclic) bond motifs is 15. The van der Waals surface area contributed by atoms with E-state index in [0.29, 0.717) is 16.7 Å². The zero-order valence-electron chi connectivity index (χ0n) is 75.9. The van der Waals surface area contributed by atoms with Crippen LogP contribution in [0.1, 0.15) is 63.4 Å². The van der Waals surface area contributed by atoms with Gasteiger partial charge in [0.05, 0.1) is 68.6 Å². The lowest BCUT2D eigenvalue weighted by Crippen LogP contribution is -2.74. The minimum absolute atomic E-state index is 0.0254. The molecule has 0 fully saturated rings. The Morgan fingerprint density at radius 2 is 0.831 bits per heavy atom. The maximum Gasteiger partial charge on any atom is 0.238 e. The summed E-state index contributed by atoms with van der Waals surface area (Å²) in [6.45, 7) is 0. The van der Waals surface area contributed by atoms with Gasteiger partial charge < -0.3 is 9.30 Å². The van der Waals surface area contributed by atoms with E-state index < -0.39 is 255 Å². The quantitative estimate of drug-likeness (QED) is 0.107. The molecular formula is C82H53N5OSi. The van der Waals surface area contributed by atoms with Crippen LogP contribution in [0.3, 0.4) is 0 Å². The number of rotatable bonds is 9. The Morgan fingerprint density at radius 3 is 1.44 bits per heavy atom. The maximum atomic E-state index is 11.2. The monoisotopic (exact) mass is 1180 g/mol. The molecule has 1 aliphatic carbocycles. The first-order chi connectivity index (χ1) is 56.6. The summed E-state index contributed by atoms with van der Waals surface area (Å²) in [5, 5.41) is -4.45. The highest BCUT2D eigenvalue weighted by atomic mass is 28.3. The second kappa shape index (κ2) is 20.0. The molecule has 1 aliphatic heterocycles. The van der Waals surface area contributed by atoms with Gasteiger partial charge in [-0.05, 0) is 103 Å². The predicted molar refractivity (Wildman–Crippen MR) is 366 cm³/mol. The molecule has 6 nitrogen and oxygen atoms in total. The van der Waals surface area contributed by atoms with E-state index in [4.69, 9.17) is 33.4 Å². The van der Waals surface area contributed by atoms with Crippen molar-refractivity contribution in [3.05, 3.63) is 343 Å². The van der Waals surface area contributed by atoms with Gasteiger partial charge in [0.25, 0.3) is 0 Å². The van der Waals surface area contributed by atoms with E-state index in [1.54, 1.807) is 6.07 Å². The van der Waals surface area contributed by atoms with Crippen LogP contribution in [0.4, 0.5) is 0 Å². The molecule has 7 heteroatoms. The van der Waals surface area contributed by atoms with Crippen LogP contribution in [0, 0.1) is 0 Å². The molecule has 0 atom stereocenters. The van der Waals surface area contributed by atoms with Crippen molar-refractivity contribution in [2.24, 2.45) is 0 Å². The lowest BCUT2D eigenvalue weighted by molar-refractivity contribution is 0.437. The van der Waals surface area contributed by atoms with Crippen LogP contribution in [0.25, 0.3) is 100 Å². The van der Waals surface area contributed by atoms with Crippen molar-refractivity contribution >= 4 is 72.4 Å². The van der Waals surface area contributed by atoms with Gasteiger partial charge in [0.15, 0.2) is 19.7 Å². The normalized spacial score (nSPS) is 17.6. The zero-order valence-corrected chi connectivity index (χ0v) is 46.9. The molecule has 89 heavy (non-hydrogen) atoms. The van der Waals surface area contributed by atoms with Gasteiger partial charge in [0.2, 0.25) is 5.95 Å². The predicted octanol–water partition coefficient (Wildman–Crippen LogP) is 16.9. The fourth-order valence-electron chi connectivity index (χ4n) is 13.1. The van der Waals surface area contributed by atoms with Crippen LogP contribution in [-0.2, 0) is 5.41 Å². The number of nitrogens with zero attached hydrogens (tertiary/aromatic N) is 5. The molecule has 1 spiro atoms. The fraction of sp³-hybridized carbons (Fsp3) is 0.0122. The summed E-state index contributed by atoms with van der Waals surface area (Å²) in [6.07, 6.45) is 0. The summed E-state index contributed by atoms with van der Waals surface area (Å²) < 4.78 is 295. The first-order valence-corrected chi connectivity index (χ1v) is 30.0. The minimum atomic E-state index is -6.16. The summed E-state index contributed by atoms with van der Waals surface area (Å²) in [4.78, 5) is 14.7. The first-order valence-electron chi connectivity index (χ1n) is 43.0. The molecule has 0 unspecified atom stereocenters. The van der Waals surface area contributed by atoms with E-state index in [2.05, 4.69) is 0 Å². The van der Waals surface area contributed by atoms with Gasteiger partial charge >= 0.3 is 0 Å². The third-order valence-corrected chi connectivity index (χ3v) is 20.9. The summed E-state index contributed by atoms with van der Waals surface area (Å²) >= 11 is 0. The van der Waals surface area contributed by atoms with Crippen molar-refractivity contribution in [1.29, 1.82) is 0 Å². The molecular weight excluding hydrogens is 1100 g/mol. The van der Waals surface area contributed by atoms with E-state index in [-0.39, 0.29) is 49.7 Å². The molecule has 0 bridgehead atoms. The second-order valence-corrected chi connectivity index (χ2v) is 24.7. The van der Waals surface area contributed by atoms with Gasteiger partial charge in [0, 0.05) is 49.5 Å². The van der Waals surface area contributed by atoms with Crippen molar-refractivity contribution in [2.75, 3.05) is 0 Å². The van der Waals surface area contributed by atoms with E-state index in [0.717, 1.165) is 37.0 Å². The molecule has 16 aromatic rings. The molecule has 0 amide bonds. The Hall–Kier alpha value is -11.5. The zero-order chi connectivity index (χ0) is 84.7. The molecule has 0 saturated carbocycles. The van der Waals surface area contributed by atoms with Crippen molar-refractivity contribution in [3.8, 4) is 68.2 Å². The third kappa shape index (κ3) is 7.59. The molecule has 4 heterocycles. The van der Waals surface area contributed by atoms with Gasteiger partial charge in [-0.25, -0.2) is 4.98 Å². The standard InChI is InChI=1S/C82H53N5OSi/c1-4-24-54(25-5-1)55-46-48-71-77(52-55)88-78-53-62(47-49-72(78)82(71)69-40-16-10-34-63(69)64-35-11-17-41-70(64)82)89(59-29-6-2-7-30-59,60-31-8-3-9-32-60)61-33-23-27-57(51-61)80-83-79(84-81(85-80)87-75-44-20-14-38-67(75)68-39-15-21-45-76(68)87)56-26-22-28-58(50-56)86-73-42-18-12-36-65(73)66-37-13-19-43-74(66)86/h1-53H/i2D,3D,6D,7D,8D,9D,12D,13D,14D,15D,18D,19D,20D,21D,23D,27D,29D,30D,31D,32D,33D,36D,37D,38D,39D,42D,43D,44D,45D,51D. The average Bonchev–Trinajstić information content (AvgIpc) is 1.64. The number of benzene rings is 13. The largest absolute Gasteiger partial charge is 0.457 e. The van der Waals surface area contributed by atoms with Crippen LogP contribution in [0.5, 0.6) is 11.5 Å². The van der Waals surface area contributed by atoms with Crippen LogP contribution in [0.2, 0.25) is 0 Å². The molecule has 2 aliphatic rings. The van der Waals surface area contributed by atoms with Gasteiger partial charge in [-0.3, -0.25) is 4.57 Å². The van der Waals surface area contributed by atoms with Crippen molar-refractivity contribution < 1.29 is 45.9 Å². The molecule has 13 aromatic carbocycles. The van der Waals surface area contributed by atoms with Crippen molar-refractivity contribution in [2.45, 2.75) is 5.41 Å². The van der Waals surface area contributed by atoms with Crippen LogP contribution >= 0.6 is 0 Å². The van der Waals surface area contributed by atoms with Crippen LogP contribution in [0.15, 0.2) is 321 Å². The van der Waals surface area contributed by atoms with Gasteiger partial charge in [-0.15, -0.1) is 0 Å². The summed E-state index contributed by atoms with van der Waals surface area (Å²) in [7, 11) is -6.16.